The molecular formula is C12H8F2N2O. The molecule has 1 heterocycles. The van der Waals surface area contributed by atoms with Crippen LogP contribution in [0.3, 0.4) is 0 Å². The van der Waals surface area contributed by atoms with Crippen LogP contribution in [0.15, 0.2) is 42.6 Å². The first kappa shape index (κ1) is 11.2. The minimum absolute atomic E-state index is 0.107. The second-order valence-electron chi connectivity index (χ2n) is 3.34. The Kier molecular flexibility index (Phi) is 3.09. The average molecular weight is 234 g/mol. The number of nitrogens with one attached hydrogen (secondary N) is 1. The highest BCUT2D eigenvalue weighted by atomic mass is 19.2. The van der Waals surface area contributed by atoms with Crippen molar-refractivity contribution in [2.75, 3.05) is 0 Å². The van der Waals surface area contributed by atoms with Crippen LogP contribution in [-0.2, 0) is 0 Å². The number of nitrogens with zero attached hydrogens (tertiary/aromatic N) is 1. The number of benzene rings is 1. The first-order valence-corrected chi connectivity index (χ1v) is 4.84. The van der Waals surface area contributed by atoms with E-state index in [1.165, 1.54) is 36.5 Å². The molecule has 0 aliphatic rings. The Bertz CT molecular complexity index is 558. The Balaban J connectivity index is 2.47. The number of carbonyl (C=O) groups is 1. The number of hydrogen-bond donors (Lipinski definition) is 1. The van der Waals surface area contributed by atoms with Gasteiger partial charge >= 0.3 is 0 Å². The molecule has 0 saturated heterocycles. The first-order valence-electron chi connectivity index (χ1n) is 4.84. The number of aromatic nitrogens is 1. The molecule has 1 aromatic heterocycles. The van der Waals surface area contributed by atoms with Gasteiger partial charge in [0.1, 0.15) is 11.5 Å². The van der Waals surface area contributed by atoms with Crippen LogP contribution in [0, 0.1) is 5.82 Å². The van der Waals surface area contributed by atoms with Crippen LogP contribution in [0.25, 0.3) is 11.3 Å². The number of rotatable bonds is 2. The number of carbonyl (C=O) groups excluding carboxylic acids is 1. The van der Waals surface area contributed by atoms with Crippen LogP contribution < -0.4 is 5.54 Å². The maximum absolute atomic E-state index is 13.5. The van der Waals surface area contributed by atoms with Crippen molar-refractivity contribution in [3.05, 3.63) is 54.0 Å². The van der Waals surface area contributed by atoms with Gasteiger partial charge in [-0.1, -0.05) is 16.6 Å². The molecule has 0 bridgehead atoms. The van der Waals surface area contributed by atoms with Gasteiger partial charge in [-0.25, -0.2) is 4.39 Å². The number of hydrogen-bond acceptors (Lipinski definition) is 2. The summed E-state index contributed by atoms with van der Waals surface area (Å²) in [6, 6.07) is 8.68. The molecule has 1 N–H and O–H groups in total. The number of amides is 1. The van der Waals surface area contributed by atoms with E-state index in [0.29, 0.717) is 5.56 Å². The lowest BCUT2D eigenvalue weighted by molar-refractivity contribution is 0.0859. The quantitative estimate of drug-likeness (QED) is 0.811. The molecule has 3 nitrogen and oxygen atoms in total. The van der Waals surface area contributed by atoms with E-state index in [-0.39, 0.29) is 11.3 Å². The predicted molar refractivity (Wildman–Crippen MR) is 58.2 cm³/mol. The molecule has 86 valence electrons. The molecule has 1 amide bonds. The first-order chi connectivity index (χ1) is 8.22. The third-order valence-corrected chi connectivity index (χ3v) is 2.24. The van der Waals surface area contributed by atoms with Gasteiger partial charge in [0.05, 0.1) is 0 Å². The lowest BCUT2D eigenvalue weighted by Crippen LogP contribution is -2.13. The highest BCUT2D eigenvalue weighted by Crippen LogP contribution is 2.20. The molecule has 0 spiro atoms. The Hall–Kier alpha value is -2.30. The van der Waals surface area contributed by atoms with Crippen LogP contribution in [0.4, 0.5) is 8.87 Å². The van der Waals surface area contributed by atoms with Gasteiger partial charge in [-0.2, -0.15) is 5.54 Å². The predicted octanol–water partition coefficient (Wildman–Crippen LogP) is 2.50. The second kappa shape index (κ2) is 4.69. The zero-order chi connectivity index (χ0) is 12.3. The summed E-state index contributed by atoms with van der Waals surface area (Å²) in [6.07, 6.45) is 1.44. The van der Waals surface area contributed by atoms with Crippen molar-refractivity contribution in [3.8, 4) is 11.3 Å². The zero-order valence-corrected chi connectivity index (χ0v) is 8.65. The molecule has 5 heteroatoms. The van der Waals surface area contributed by atoms with Crippen molar-refractivity contribution in [1.82, 2.24) is 10.5 Å². The molecule has 2 aromatic rings. The highest BCUT2D eigenvalue weighted by molar-refractivity contribution is 5.94. The summed E-state index contributed by atoms with van der Waals surface area (Å²) in [5.74, 6) is -1.37. The van der Waals surface area contributed by atoms with Gasteiger partial charge in [-0.15, -0.1) is 0 Å². The summed E-state index contributed by atoms with van der Waals surface area (Å²) < 4.78 is 25.4. The molecule has 0 atom stereocenters. The summed E-state index contributed by atoms with van der Waals surface area (Å²) in [6.45, 7) is 0. The highest BCUT2D eigenvalue weighted by Gasteiger charge is 2.09. The fraction of sp³-hybridized carbons (Fsp3) is 0. The Labute approximate surface area is 96.1 Å². The minimum atomic E-state index is -0.872. The Morgan fingerprint density at radius 3 is 2.76 bits per heavy atom. The van der Waals surface area contributed by atoms with Crippen LogP contribution in [0.1, 0.15) is 10.4 Å². The Morgan fingerprint density at radius 1 is 1.24 bits per heavy atom. The summed E-state index contributed by atoms with van der Waals surface area (Å²) >= 11 is 0. The van der Waals surface area contributed by atoms with Crippen LogP contribution >= 0.6 is 0 Å². The zero-order valence-electron chi connectivity index (χ0n) is 8.65. The van der Waals surface area contributed by atoms with E-state index in [0.717, 1.165) is 5.54 Å². The van der Waals surface area contributed by atoms with Crippen molar-refractivity contribution < 1.29 is 13.7 Å². The normalized spacial score (nSPS) is 10.0. The van der Waals surface area contributed by atoms with Gasteiger partial charge in [-0.05, 0) is 24.3 Å². The van der Waals surface area contributed by atoms with Gasteiger partial charge in [0.25, 0.3) is 5.91 Å². The molecule has 0 saturated carbocycles. The molecule has 1 aromatic carbocycles. The average Bonchev–Trinajstić information content (AvgIpc) is 2.38. The maximum Gasteiger partial charge on any atom is 0.278 e. The van der Waals surface area contributed by atoms with Crippen molar-refractivity contribution in [2.24, 2.45) is 0 Å². The van der Waals surface area contributed by atoms with E-state index in [1.54, 1.807) is 6.07 Å². The topological polar surface area (TPSA) is 42.0 Å². The Morgan fingerprint density at radius 2 is 2.06 bits per heavy atom. The lowest BCUT2D eigenvalue weighted by atomic mass is 10.1. The SMILES string of the molecule is O=C(NF)c1cccc(-c2ncccc2F)c1. The third kappa shape index (κ3) is 2.28. The summed E-state index contributed by atoms with van der Waals surface area (Å²) in [7, 11) is 0. The molecule has 0 fully saturated rings. The number of pyridine rings is 1. The fourth-order valence-electron chi connectivity index (χ4n) is 1.46. The third-order valence-electron chi connectivity index (χ3n) is 2.24. The smallest absolute Gasteiger partial charge is 0.267 e. The van der Waals surface area contributed by atoms with Crippen molar-refractivity contribution >= 4 is 5.91 Å². The van der Waals surface area contributed by atoms with E-state index < -0.39 is 11.7 Å². The molecule has 0 aliphatic carbocycles. The van der Waals surface area contributed by atoms with Gasteiger partial charge in [0.2, 0.25) is 0 Å². The molecule has 17 heavy (non-hydrogen) atoms. The van der Waals surface area contributed by atoms with Crippen molar-refractivity contribution in [1.29, 1.82) is 0 Å². The molecule has 0 aliphatic heterocycles. The summed E-state index contributed by atoms with van der Waals surface area (Å²) in [5, 5.41) is 0. The molecular weight excluding hydrogens is 226 g/mol. The van der Waals surface area contributed by atoms with Gasteiger partial charge in [0.15, 0.2) is 0 Å². The lowest BCUT2D eigenvalue weighted by Gasteiger charge is -2.03. The molecule has 2 rings (SSSR count). The largest absolute Gasteiger partial charge is 0.278 e. The molecule has 0 radical (unpaired) electrons. The second-order valence-corrected chi connectivity index (χ2v) is 3.34. The minimum Gasteiger partial charge on any atom is -0.267 e. The van der Waals surface area contributed by atoms with E-state index in [2.05, 4.69) is 4.98 Å². The monoisotopic (exact) mass is 234 g/mol. The molecule has 0 unspecified atom stereocenters. The van der Waals surface area contributed by atoms with Crippen LogP contribution in [-0.4, -0.2) is 10.9 Å². The fourth-order valence-corrected chi connectivity index (χ4v) is 1.46. The van der Waals surface area contributed by atoms with Gasteiger partial charge in [-0.3, -0.25) is 9.78 Å². The maximum atomic E-state index is 13.5. The van der Waals surface area contributed by atoms with Gasteiger partial charge < -0.3 is 0 Å². The standard InChI is InChI=1S/C12H8F2N2O/c13-10-5-2-6-15-11(10)8-3-1-4-9(7-8)12(17)16-14/h1-7H,(H,16,17). The van der Waals surface area contributed by atoms with Crippen molar-refractivity contribution in [2.45, 2.75) is 0 Å². The summed E-state index contributed by atoms with van der Waals surface area (Å²) in [4.78, 5) is 15.0. The summed E-state index contributed by atoms with van der Waals surface area (Å²) in [5.41, 5.74) is 1.67. The van der Waals surface area contributed by atoms with E-state index in [9.17, 15) is 13.7 Å². The van der Waals surface area contributed by atoms with Gasteiger partial charge in [0, 0.05) is 17.3 Å². The van der Waals surface area contributed by atoms with Crippen LogP contribution in [0.5, 0.6) is 0 Å². The van der Waals surface area contributed by atoms with E-state index >= 15 is 0 Å². The van der Waals surface area contributed by atoms with E-state index in [1.807, 2.05) is 0 Å². The van der Waals surface area contributed by atoms with Crippen molar-refractivity contribution in [3.63, 3.8) is 0 Å². The van der Waals surface area contributed by atoms with E-state index in [4.69, 9.17) is 0 Å². The number of halogens is 2. The van der Waals surface area contributed by atoms with Crippen LogP contribution in [0.2, 0.25) is 0 Å².